The molecule has 1 saturated heterocycles. The number of amides is 2. The Balaban J connectivity index is 1.47. The van der Waals surface area contributed by atoms with Crippen molar-refractivity contribution >= 4 is 17.6 Å². The van der Waals surface area contributed by atoms with E-state index < -0.39 is 0 Å². The SMILES string of the molecule is O=C(NC1CCCCC1)N1CCCC1c1nc(-c2cccc(Cl)c2)no1. The summed E-state index contributed by atoms with van der Waals surface area (Å²) in [6.07, 6.45) is 7.59. The first kappa shape index (κ1) is 17.3. The topological polar surface area (TPSA) is 71.3 Å². The highest BCUT2D eigenvalue weighted by atomic mass is 35.5. The van der Waals surface area contributed by atoms with E-state index >= 15 is 0 Å². The number of urea groups is 1. The van der Waals surface area contributed by atoms with Crippen LogP contribution in [0.5, 0.6) is 0 Å². The lowest BCUT2D eigenvalue weighted by Crippen LogP contribution is -2.45. The zero-order valence-electron chi connectivity index (χ0n) is 14.7. The largest absolute Gasteiger partial charge is 0.337 e. The van der Waals surface area contributed by atoms with Crippen LogP contribution in [-0.4, -0.2) is 33.7 Å². The van der Waals surface area contributed by atoms with Gasteiger partial charge in [-0.3, -0.25) is 0 Å². The minimum Gasteiger partial charge on any atom is -0.337 e. The maximum atomic E-state index is 12.7. The van der Waals surface area contributed by atoms with Crippen molar-refractivity contribution in [2.75, 3.05) is 6.54 Å². The summed E-state index contributed by atoms with van der Waals surface area (Å²) in [7, 11) is 0. The van der Waals surface area contributed by atoms with E-state index in [0.29, 0.717) is 22.8 Å². The molecule has 0 bridgehead atoms. The van der Waals surface area contributed by atoms with E-state index in [9.17, 15) is 4.79 Å². The molecule has 1 aliphatic carbocycles. The van der Waals surface area contributed by atoms with E-state index in [1.54, 1.807) is 12.1 Å². The first-order valence-corrected chi connectivity index (χ1v) is 9.75. The van der Waals surface area contributed by atoms with E-state index in [0.717, 1.165) is 37.8 Å². The van der Waals surface area contributed by atoms with Crippen LogP contribution in [0.3, 0.4) is 0 Å². The minimum absolute atomic E-state index is 0.0121. The van der Waals surface area contributed by atoms with Crippen LogP contribution in [0.4, 0.5) is 4.79 Å². The minimum atomic E-state index is -0.154. The molecule has 1 atom stereocenters. The molecule has 0 spiro atoms. The molecule has 2 aliphatic rings. The number of carbonyl (C=O) groups excluding carboxylic acids is 1. The molecule has 4 rings (SSSR count). The van der Waals surface area contributed by atoms with Crippen LogP contribution in [0, 0.1) is 0 Å². The lowest BCUT2D eigenvalue weighted by Gasteiger charge is -2.28. The van der Waals surface area contributed by atoms with Gasteiger partial charge in [-0.25, -0.2) is 4.79 Å². The molecule has 1 N–H and O–H groups in total. The monoisotopic (exact) mass is 374 g/mol. The summed E-state index contributed by atoms with van der Waals surface area (Å²) < 4.78 is 5.49. The number of carbonyl (C=O) groups is 1. The summed E-state index contributed by atoms with van der Waals surface area (Å²) in [5.74, 6) is 0.998. The van der Waals surface area contributed by atoms with Crippen molar-refractivity contribution in [2.45, 2.75) is 57.0 Å². The number of nitrogens with zero attached hydrogens (tertiary/aromatic N) is 3. The highest BCUT2D eigenvalue weighted by Gasteiger charge is 2.35. The second-order valence-electron chi connectivity index (χ2n) is 7.10. The first-order chi connectivity index (χ1) is 12.7. The second kappa shape index (κ2) is 7.66. The Bertz CT molecular complexity index is 772. The molecular weight excluding hydrogens is 352 g/mol. The Labute approximate surface area is 157 Å². The highest BCUT2D eigenvalue weighted by molar-refractivity contribution is 6.30. The van der Waals surface area contributed by atoms with Gasteiger partial charge in [-0.05, 0) is 37.8 Å². The van der Waals surface area contributed by atoms with Gasteiger partial charge in [0, 0.05) is 23.2 Å². The van der Waals surface area contributed by atoms with Gasteiger partial charge in [0.1, 0.15) is 6.04 Å². The van der Waals surface area contributed by atoms with Crippen molar-refractivity contribution in [2.24, 2.45) is 0 Å². The summed E-state index contributed by atoms with van der Waals surface area (Å²) >= 11 is 6.04. The summed E-state index contributed by atoms with van der Waals surface area (Å²) in [5, 5.41) is 7.89. The predicted molar refractivity (Wildman–Crippen MR) is 98.8 cm³/mol. The number of hydrogen-bond acceptors (Lipinski definition) is 4. The third-order valence-electron chi connectivity index (χ3n) is 5.26. The van der Waals surface area contributed by atoms with Gasteiger partial charge in [-0.15, -0.1) is 0 Å². The molecule has 1 saturated carbocycles. The molecule has 7 heteroatoms. The van der Waals surface area contributed by atoms with E-state index in [4.69, 9.17) is 16.1 Å². The molecule has 0 radical (unpaired) electrons. The Hall–Kier alpha value is -2.08. The summed E-state index contributed by atoms with van der Waals surface area (Å²) in [6, 6.07) is 7.48. The highest BCUT2D eigenvalue weighted by Crippen LogP contribution is 2.32. The van der Waals surface area contributed by atoms with Gasteiger partial charge in [-0.1, -0.05) is 48.2 Å². The molecule has 1 aliphatic heterocycles. The van der Waals surface area contributed by atoms with Gasteiger partial charge in [0.2, 0.25) is 11.7 Å². The number of aromatic nitrogens is 2. The Kier molecular flexibility index (Phi) is 5.11. The lowest BCUT2D eigenvalue weighted by molar-refractivity contribution is 0.173. The van der Waals surface area contributed by atoms with E-state index in [-0.39, 0.29) is 12.1 Å². The molecule has 1 unspecified atom stereocenters. The molecule has 26 heavy (non-hydrogen) atoms. The molecule has 2 heterocycles. The fourth-order valence-corrected chi connectivity index (χ4v) is 4.08. The van der Waals surface area contributed by atoms with Crippen molar-refractivity contribution in [1.29, 1.82) is 0 Å². The van der Waals surface area contributed by atoms with E-state index in [2.05, 4.69) is 15.5 Å². The predicted octanol–water partition coefficient (Wildman–Crippen LogP) is 4.57. The molecule has 1 aromatic carbocycles. The summed E-state index contributed by atoms with van der Waals surface area (Å²) in [4.78, 5) is 19.1. The van der Waals surface area contributed by atoms with Crippen molar-refractivity contribution in [1.82, 2.24) is 20.4 Å². The van der Waals surface area contributed by atoms with Crippen LogP contribution in [0.15, 0.2) is 28.8 Å². The van der Waals surface area contributed by atoms with Crippen LogP contribution in [-0.2, 0) is 0 Å². The maximum Gasteiger partial charge on any atom is 0.318 e. The zero-order valence-corrected chi connectivity index (χ0v) is 15.4. The van der Waals surface area contributed by atoms with Crippen LogP contribution in [0.1, 0.15) is 56.9 Å². The van der Waals surface area contributed by atoms with E-state index in [1.165, 1.54) is 19.3 Å². The fourth-order valence-electron chi connectivity index (χ4n) is 3.89. The van der Waals surface area contributed by atoms with Gasteiger partial charge in [0.15, 0.2) is 0 Å². The molecule has 6 nitrogen and oxygen atoms in total. The van der Waals surface area contributed by atoms with Crippen molar-refractivity contribution in [3.63, 3.8) is 0 Å². The first-order valence-electron chi connectivity index (χ1n) is 9.37. The molecule has 2 fully saturated rings. The zero-order chi connectivity index (χ0) is 17.9. The van der Waals surface area contributed by atoms with Crippen molar-refractivity contribution < 1.29 is 9.32 Å². The summed E-state index contributed by atoms with van der Waals surface area (Å²) in [5.41, 5.74) is 0.809. The quantitative estimate of drug-likeness (QED) is 0.854. The van der Waals surface area contributed by atoms with Crippen LogP contribution in [0.25, 0.3) is 11.4 Å². The number of likely N-dealkylation sites (tertiary alicyclic amines) is 1. The van der Waals surface area contributed by atoms with Gasteiger partial charge in [0.25, 0.3) is 0 Å². The number of nitrogens with one attached hydrogen (secondary N) is 1. The Morgan fingerprint density at radius 1 is 1.19 bits per heavy atom. The maximum absolute atomic E-state index is 12.7. The van der Waals surface area contributed by atoms with Gasteiger partial charge >= 0.3 is 6.03 Å². The van der Waals surface area contributed by atoms with Crippen molar-refractivity contribution in [3.05, 3.63) is 35.2 Å². The lowest BCUT2D eigenvalue weighted by atomic mass is 9.96. The average Bonchev–Trinajstić information content (AvgIpc) is 3.32. The van der Waals surface area contributed by atoms with E-state index in [1.807, 2.05) is 17.0 Å². The normalized spacial score (nSPS) is 21.1. The van der Waals surface area contributed by atoms with Gasteiger partial charge < -0.3 is 14.7 Å². The standard InChI is InChI=1S/C19H23ClN4O2/c20-14-7-4-6-13(12-14)17-22-18(26-23-17)16-10-5-11-24(16)19(25)21-15-8-2-1-3-9-15/h4,6-7,12,15-16H,1-3,5,8-11H2,(H,21,25). The second-order valence-corrected chi connectivity index (χ2v) is 7.54. The van der Waals surface area contributed by atoms with Crippen LogP contribution < -0.4 is 5.32 Å². The molecule has 2 aromatic rings. The third-order valence-corrected chi connectivity index (χ3v) is 5.49. The van der Waals surface area contributed by atoms with Gasteiger partial charge in [-0.2, -0.15) is 4.98 Å². The third kappa shape index (κ3) is 3.70. The molecule has 2 amide bonds. The number of benzene rings is 1. The fraction of sp³-hybridized carbons (Fsp3) is 0.526. The number of rotatable bonds is 3. The number of halogens is 1. The Morgan fingerprint density at radius 3 is 2.85 bits per heavy atom. The average molecular weight is 375 g/mol. The number of hydrogen-bond donors (Lipinski definition) is 1. The van der Waals surface area contributed by atoms with Crippen LogP contribution in [0.2, 0.25) is 5.02 Å². The smallest absolute Gasteiger partial charge is 0.318 e. The van der Waals surface area contributed by atoms with Crippen molar-refractivity contribution in [3.8, 4) is 11.4 Å². The molecule has 138 valence electrons. The Morgan fingerprint density at radius 2 is 2.04 bits per heavy atom. The van der Waals surface area contributed by atoms with Gasteiger partial charge in [0.05, 0.1) is 0 Å². The van der Waals surface area contributed by atoms with Crippen LogP contribution >= 0.6 is 11.6 Å². The molecular formula is C19H23ClN4O2. The molecule has 1 aromatic heterocycles. The summed E-state index contributed by atoms with van der Waals surface area (Å²) in [6.45, 7) is 0.720.